The zero-order chi connectivity index (χ0) is 93.9. The first-order valence-electron chi connectivity index (χ1n) is 48.8. The Morgan fingerprint density at radius 1 is 0.296 bits per heavy atom. The molecule has 0 radical (unpaired) electrons. The Morgan fingerprint density at radius 2 is 0.608 bits per heavy atom. The van der Waals surface area contributed by atoms with Crippen molar-refractivity contribution in [2.75, 3.05) is 39.6 Å². The number of carbonyl (C=O) groups excluding carboxylic acids is 12. The zero-order valence-electron chi connectivity index (χ0n) is 82.2. The molecule has 6 bridgehead atoms. The maximum absolute atomic E-state index is 12.6. The molecule has 0 saturated heterocycles. The van der Waals surface area contributed by atoms with Crippen LogP contribution in [0.5, 0.6) is 0 Å². The lowest BCUT2D eigenvalue weighted by atomic mass is 9.65. The van der Waals surface area contributed by atoms with Gasteiger partial charge >= 0.3 is 71.6 Å². The second-order valence-electron chi connectivity index (χ2n) is 42.6. The van der Waals surface area contributed by atoms with Gasteiger partial charge in [-0.3, -0.25) is 33.6 Å². The van der Waals surface area contributed by atoms with E-state index in [0.717, 1.165) is 184 Å². The average molecular weight is 1770 g/mol. The van der Waals surface area contributed by atoms with Gasteiger partial charge in [-0.2, -0.15) is 0 Å². The first-order chi connectivity index (χ1) is 58.4. The van der Waals surface area contributed by atoms with Gasteiger partial charge < -0.3 is 56.8 Å². The summed E-state index contributed by atoms with van der Waals surface area (Å²) in [6.07, 6.45) is 38.2. The van der Waals surface area contributed by atoms with Crippen LogP contribution in [0.3, 0.4) is 0 Å². The predicted molar refractivity (Wildman–Crippen MR) is 477 cm³/mol. The van der Waals surface area contributed by atoms with Gasteiger partial charge in [-0.05, 0) is 370 Å². The molecule has 0 heterocycles. The summed E-state index contributed by atoms with van der Waals surface area (Å²) in [4.78, 5) is 143. The molecule has 718 valence electrons. The van der Waals surface area contributed by atoms with Gasteiger partial charge in [0.15, 0.2) is 33.0 Å². The number of rotatable bonds is 36. The van der Waals surface area contributed by atoms with Crippen LogP contribution in [0.25, 0.3) is 0 Å². The summed E-state index contributed by atoms with van der Waals surface area (Å²) in [6.45, 7) is 44.7. The summed E-state index contributed by atoms with van der Waals surface area (Å²) >= 11 is 0. The number of esters is 12. The monoisotopic (exact) mass is 1770 g/mol. The molecule has 0 aliphatic heterocycles. The van der Waals surface area contributed by atoms with E-state index >= 15 is 0 Å². The van der Waals surface area contributed by atoms with Crippen LogP contribution in [-0.4, -0.2) is 145 Å². The van der Waals surface area contributed by atoms with Crippen LogP contribution >= 0.6 is 0 Å². The van der Waals surface area contributed by atoms with Gasteiger partial charge in [-0.25, -0.2) is 24.0 Å². The van der Waals surface area contributed by atoms with Crippen molar-refractivity contribution in [3.05, 3.63) is 0 Å². The highest BCUT2D eigenvalue weighted by atomic mass is 16.6. The van der Waals surface area contributed by atoms with Crippen LogP contribution in [0.4, 0.5) is 0 Å². The molecule has 10 atom stereocenters. The van der Waals surface area contributed by atoms with Crippen LogP contribution in [-0.2, 0) is 114 Å². The van der Waals surface area contributed by atoms with E-state index in [0.29, 0.717) is 69.3 Å². The fourth-order valence-electron chi connectivity index (χ4n) is 19.9. The fraction of sp³-hybridized carbons (Fsp3) is 0.881. The highest BCUT2D eigenvalue weighted by Gasteiger charge is 2.68. The summed E-state index contributed by atoms with van der Waals surface area (Å²) in [5.41, 5.74) is -5.07. The summed E-state index contributed by atoms with van der Waals surface area (Å²) in [6, 6.07) is 0. The summed E-state index contributed by atoms with van der Waals surface area (Å²) in [7, 11) is 0. The van der Waals surface area contributed by atoms with E-state index in [1.165, 1.54) is 51.4 Å². The Kier molecular flexibility index (Phi) is 41.9. The second kappa shape index (κ2) is 48.0. The molecule has 24 nitrogen and oxygen atoms in total. The van der Waals surface area contributed by atoms with Crippen molar-refractivity contribution >= 4 is 71.6 Å². The summed E-state index contributed by atoms with van der Waals surface area (Å²) < 4.78 is 64.6. The van der Waals surface area contributed by atoms with Gasteiger partial charge in [0.1, 0.15) is 33.6 Å². The maximum atomic E-state index is 12.6. The number of carbonyl (C=O) groups is 12. The molecule has 0 aromatic carbocycles. The molecule has 0 aromatic rings. The molecule has 10 aliphatic rings. The van der Waals surface area contributed by atoms with Crippen molar-refractivity contribution in [1.29, 1.82) is 0 Å². The van der Waals surface area contributed by atoms with Gasteiger partial charge in [0, 0.05) is 12.3 Å². The van der Waals surface area contributed by atoms with Gasteiger partial charge in [0.2, 0.25) is 0 Å². The fourth-order valence-corrected chi connectivity index (χ4v) is 19.9. The molecule has 10 unspecified atom stereocenters. The predicted octanol–water partition coefficient (Wildman–Crippen LogP) is 21.5. The molecular weight excluding hydrogens is 1600 g/mol. The van der Waals surface area contributed by atoms with Crippen LogP contribution in [0.2, 0.25) is 0 Å². The van der Waals surface area contributed by atoms with Crippen molar-refractivity contribution in [3.63, 3.8) is 0 Å². The third kappa shape index (κ3) is 31.5. The first-order valence-corrected chi connectivity index (χ1v) is 48.8. The van der Waals surface area contributed by atoms with Crippen molar-refractivity contribution in [2.45, 2.75) is 450 Å². The summed E-state index contributed by atoms with van der Waals surface area (Å²) in [5, 5.41) is 0. The first kappa shape index (κ1) is 109. The van der Waals surface area contributed by atoms with Crippen molar-refractivity contribution in [3.8, 4) is 0 Å². The van der Waals surface area contributed by atoms with Crippen LogP contribution < -0.4 is 0 Å². The Balaban J connectivity index is 0.000000268. The van der Waals surface area contributed by atoms with Crippen molar-refractivity contribution in [2.24, 2.45) is 79.8 Å². The Morgan fingerprint density at radius 3 is 0.936 bits per heavy atom. The van der Waals surface area contributed by atoms with Gasteiger partial charge in [-0.15, -0.1) is 0 Å². The zero-order valence-corrected chi connectivity index (χ0v) is 82.2. The minimum Gasteiger partial charge on any atom is -0.465 e. The molecular formula is C101H170O24. The lowest BCUT2D eigenvalue weighted by molar-refractivity contribution is -0.178. The van der Waals surface area contributed by atoms with E-state index in [1.54, 1.807) is 13.8 Å². The quantitative estimate of drug-likeness (QED) is 0.0243. The van der Waals surface area contributed by atoms with Gasteiger partial charge in [0.25, 0.3) is 0 Å². The molecule has 125 heavy (non-hydrogen) atoms. The smallest absolute Gasteiger partial charge is 0.344 e. The Hall–Kier alpha value is -6.36. The highest BCUT2D eigenvalue weighted by Crippen LogP contribution is 2.71. The number of ether oxygens (including phenoxy) is 12. The van der Waals surface area contributed by atoms with Gasteiger partial charge in [-0.1, -0.05) is 82.1 Å². The highest BCUT2D eigenvalue weighted by molar-refractivity contribution is 5.83. The standard InChI is InChI=1S/C24H38O4.C17H28O4.C16H28O4.2C15H26O4.C14H24O4/c1-5-23(3,4)22(26)27-11-7-8-19(25)28-24(6-2)14-17-13-18(24)21-16-10-9-15(12-16)20(17)21;1-5-16(3,4)15(19)20-11-14(18)21-17(6-2)10-12-7-8-13(17)9-12;1-5-15(3,4)14(18)19-12-13(17)20-16(6-2)10-8-7-9-11-16;1-5-14(2,3)13(17)18-11-12(16)19-15(4)9-7-6-8-10-15;1-5-14(3,4)13(17)18-11-12(16)19-15(6-2)9-7-8-10-15;1-5-13(2,3)12(16)17-10-11(15)18-14(4)8-6-7-9-14/h15-18,20-21H,5-14H2,1-4H3;12-13H,5-11H2,1-4H3;5-12H2,1-4H3;2*5-11H2,1-4H3;5-10H2,1-4H3. The van der Waals surface area contributed by atoms with E-state index < -0.39 is 62.3 Å². The molecule has 0 amide bonds. The molecule has 24 heteroatoms. The van der Waals surface area contributed by atoms with E-state index in [9.17, 15) is 57.5 Å². The number of hydrogen-bond donors (Lipinski definition) is 0. The molecule has 0 aromatic heterocycles. The van der Waals surface area contributed by atoms with Gasteiger partial charge in [0.05, 0.1) is 39.1 Å². The minimum atomic E-state index is -0.548. The average Bonchev–Trinajstić information content (AvgIpc) is 1.53. The third-order valence-electron chi connectivity index (χ3n) is 31.2. The largest absolute Gasteiger partial charge is 0.465 e. The second-order valence-corrected chi connectivity index (χ2v) is 42.6. The third-order valence-corrected chi connectivity index (χ3v) is 31.2. The number of hydrogen-bond acceptors (Lipinski definition) is 24. The van der Waals surface area contributed by atoms with Crippen LogP contribution in [0.1, 0.15) is 417 Å². The molecule has 0 N–H and O–H groups in total. The molecule has 10 fully saturated rings. The molecule has 10 aliphatic carbocycles. The Bertz CT molecular complexity index is 3500. The number of fused-ring (bicyclic) bond motifs is 11. The van der Waals surface area contributed by atoms with Crippen molar-refractivity contribution < 1.29 is 114 Å². The van der Waals surface area contributed by atoms with E-state index in [-0.39, 0.29) is 108 Å². The molecule has 0 spiro atoms. The topological polar surface area (TPSA) is 316 Å². The molecule has 10 saturated carbocycles. The van der Waals surface area contributed by atoms with Crippen molar-refractivity contribution in [1.82, 2.24) is 0 Å². The molecule has 10 rings (SSSR count). The lowest BCUT2D eigenvalue weighted by Crippen LogP contribution is -2.47. The normalized spacial score (nSPS) is 25.5. The van der Waals surface area contributed by atoms with Crippen LogP contribution in [0, 0.1) is 79.8 Å². The van der Waals surface area contributed by atoms with E-state index in [4.69, 9.17) is 56.8 Å². The van der Waals surface area contributed by atoms with E-state index in [2.05, 4.69) is 13.8 Å². The van der Waals surface area contributed by atoms with E-state index in [1.807, 2.05) is 138 Å². The summed E-state index contributed by atoms with van der Waals surface area (Å²) in [5.74, 6) is 2.10. The lowest BCUT2D eigenvalue weighted by Gasteiger charge is -2.45. The Labute approximate surface area is 752 Å². The van der Waals surface area contributed by atoms with Crippen LogP contribution in [0.15, 0.2) is 0 Å². The SMILES string of the molecule is CCC(C)(C)C(=O)OCC(=O)OC1(C)CCCC1.CCC(C)(C)C(=O)OCC(=O)OC1(C)CCCCC1.CCC(C)(C)C(=O)OCC(=O)OC1(CC)CC2CCC1C2.CCC(C)(C)C(=O)OCCCC(=O)OC1(CC)CC2CC1C1C3CCC(C3)C21.CCC1(OC(=O)COC(=O)C(C)(C)CC)CCCC1.CCC1(OC(=O)COC(=O)C(C)(C)CC)CCCCC1. The minimum absolute atomic E-state index is 0.0973. The maximum Gasteiger partial charge on any atom is 0.344 e.